The van der Waals surface area contributed by atoms with Crippen molar-refractivity contribution in [3.05, 3.63) is 50.2 Å². The second-order valence-electron chi connectivity index (χ2n) is 8.10. The summed E-state index contributed by atoms with van der Waals surface area (Å²) in [6.07, 6.45) is 2.66. The van der Waals surface area contributed by atoms with E-state index in [1.165, 1.54) is 16.7 Å². The Labute approximate surface area is 189 Å². The third kappa shape index (κ3) is 3.63. The molecule has 1 aliphatic carbocycles. The second kappa shape index (κ2) is 8.18. The van der Waals surface area contributed by atoms with Crippen LogP contribution in [-0.4, -0.2) is 46.7 Å². The van der Waals surface area contributed by atoms with E-state index >= 15 is 0 Å². The van der Waals surface area contributed by atoms with Gasteiger partial charge in [-0.05, 0) is 44.4 Å². The first-order chi connectivity index (χ1) is 15.6. The summed E-state index contributed by atoms with van der Waals surface area (Å²) in [5.41, 5.74) is 4.47. The summed E-state index contributed by atoms with van der Waals surface area (Å²) < 4.78 is 27.9. The number of nitrogens with zero attached hydrogens (tertiary/aromatic N) is 3. The molecule has 12 heteroatoms. The van der Waals surface area contributed by atoms with Gasteiger partial charge in [0.05, 0.1) is 5.56 Å². The largest absolute Gasteiger partial charge is 0.383 e. The van der Waals surface area contributed by atoms with Gasteiger partial charge in [0.2, 0.25) is 0 Å². The van der Waals surface area contributed by atoms with Gasteiger partial charge >= 0.3 is 5.69 Å². The monoisotopic (exact) mass is 475 g/mol. The smallest absolute Gasteiger partial charge is 0.330 e. The van der Waals surface area contributed by atoms with E-state index in [1.807, 2.05) is 6.92 Å². The highest BCUT2D eigenvalue weighted by Crippen LogP contribution is 2.39. The number of unbranched alkanes of at least 4 members (excludes halogenated alkanes) is 1. The van der Waals surface area contributed by atoms with Gasteiger partial charge in [0.1, 0.15) is 10.7 Å². The molecule has 2 aromatic rings. The summed E-state index contributed by atoms with van der Waals surface area (Å²) in [5, 5.41) is 0. The summed E-state index contributed by atoms with van der Waals surface area (Å²) in [5.74, 6) is -1.41. The molecule has 0 unspecified atom stereocenters. The lowest BCUT2D eigenvalue weighted by Gasteiger charge is -2.23. The van der Waals surface area contributed by atoms with E-state index in [-0.39, 0.29) is 46.7 Å². The molecule has 4 rings (SSSR count). The van der Waals surface area contributed by atoms with Crippen molar-refractivity contribution in [1.82, 2.24) is 13.9 Å². The number of carbonyl (C=O) groups is 2. The van der Waals surface area contributed by atoms with Gasteiger partial charge in [-0.25, -0.2) is 17.5 Å². The fourth-order valence-corrected chi connectivity index (χ4v) is 5.83. The number of nitrogens with two attached hydrogens (primary N) is 1. The number of aromatic nitrogens is 2. The number of nitrogen functional groups attached to an aromatic ring is 1. The van der Waals surface area contributed by atoms with Crippen LogP contribution in [0.5, 0.6) is 0 Å². The number of benzene rings is 1. The van der Waals surface area contributed by atoms with E-state index in [1.54, 1.807) is 6.92 Å². The molecule has 1 aromatic heterocycles. The number of hydrogen-bond donors (Lipinski definition) is 2. The van der Waals surface area contributed by atoms with Gasteiger partial charge in [-0.2, -0.15) is 0 Å². The summed E-state index contributed by atoms with van der Waals surface area (Å²) in [6.45, 7) is 3.87. The molecule has 2 heterocycles. The summed E-state index contributed by atoms with van der Waals surface area (Å²) in [6, 6.07) is 3.48. The third-order valence-corrected chi connectivity index (χ3v) is 7.73. The average Bonchev–Trinajstić information content (AvgIpc) is 3.57. The van der Waals surface area contributed by atoms with Crippen LogP contribution in [0.4, 0.5) is 11.5 Å². The van der Waals surface area contributed by atoms with Crippen LogP contribution in [0.25, 0.3) is 0 Å². The Bertz CT molecular complexity index is 1370. The predicted octanol–water partition coefficient (Wildman–Crippen LogP) is 0.893. The molecule has 176 valence electrons. The SMILES string of the molecule is CCCCn1c(N)c(N(CC)C(=O)c2ccc3c(c2)S(=O)(=O)N(C2CC2)C3=O)c(=O)[nH]c1=O. The zero-order valence-corrected chi connectivity index (χ0v) is 19.1. The van der Waals surface area contributed by atoms with Crippen LogP contribution >= 0.6 is 0 Å². The Morgan fingerprint density at radius 3 is 2.52 bits per heavy atom. The van der Waals surface area contributed by atoms with Gasteiger partial charge in [-0.15, -0.1) is 0 Å². The Balaban J connectivity index is 1.77. The molecule has 2 aliphatic rings. The minimum atomic E-state index is -4.05. The molecule has 33 heavy (non-hydrogen) atoms. The molecule has 0 spiro atoms. The van der Waals surface area contributed by atoms with Crippen molar-refractivity contribution in [1.29, 1.82) is 0 Å². The number of rotatable bonds is 7. The van der Waals surface area contributed by atoms with Crippen molar-refractivity contribution < 1.29 is 18.0 Å². The normalized spacial score (nSPS) is 16.7. The Morgan fingerprint density at radius 2 is 1.91 bits per heavy atom. The first-order valence-corrected chi connectivity index (χ1v) is 12.2. The molecule has 11 nitrogen and oxygen atoms in total. The molecular weight excluding hydrogens is 450 g/mol. The van der Waals surface area contributed by atoms with Crippen molar-refractivity contribution >= 4 is 33.3 Å². The van der Waals surface area contributed by atoms with Gasteiger partial charge in [0.15, 0.2) is 5.69 Å². The lowest BCUT2D eigenvalue weighted by molar-refractivity contribution is 0.0864. The fourth-order valence-electron chi connectivity index (χ4n) is 3.99. The highest BCUT2D eigenvalue weighted by Gasteiger charge is 2.49. The number of H-pyrrole nitrogens is 1. The Kier molecular flexibility index (Phi) is 5.64. The molecule has 0 atom stereocenters. The number of amides is 2. The maximum Gasteiger partial charge on any atom is 0.330 e. The van der Waals surface area contributed by atoms with Crippen molar-refractivity contribution in [3.8, 4) is 0 Å². The van der Waals surface area contributed by atoms with E-state index < -0.39 is 33.1 Å². The van der Waals surface area contributed by atoms with Gasteiger partial charge in [0.25, 0.3) is 27.4 Å². The summed E-state index contributed by atoms with van der Waals surface area (Å²) >= 11 is 0. The lowest BCUT2D eigenvalue weighted by atomic mass is 10.1. The molecule has 1 fully saturated rings. The molecule has 1 saturated carbocycles. The number of fused-ring (bicyclic) bond motifs is 1. The van der Waals surface area contributed by atoms with Crippen LogP contribution in [-0.2, 0) is 16.6 Å². The topological polar surface area (TPSA) is 156 Å². The first kappa shape index (κ1) is 22.8. The van der Waals surface area contributed by atoms with E-state index in [4.69, 9.17) is 5.73 Å². The minimum Gasteiger partial charge on any atom is -0.383 e. The number of sulfonamides is 1. The fraction of sp³-hybridized carbons (Fsp3) is 0.429. The average molecular weight is 476 g/mol. The zero-order chi connectivity index (χ0) is 24.1. The van der Waals surface area contributed by atoms with E-state index in [0.717, 1.165) is 21.7 Å². The van der Waals surface area contributed by atoms with Crippen LogP contribution < -0.4 is 21.9 Å². The minimum absolute atomic E-state index is 0.0188. The van der Waals surface area contributed by atoms with Crippen LogP contribution in [0.2, 0.25) is 0 Å². The summed E-state index contributed by atoms with van der Waals surface area (Å²) in [4.78, 5) is 53.8. The standard InChI is InChI=1S/C21H25N5O6S/c1-3-5-10-25-17(22)16(18(27)23-21(25)30)24(4-2)19(28)12-6-9-14-15(11-12)33(31,32)26(20(14)29)13-7-8-13/h6,9,11,13H,3-5,7-8,10,22H2,1-2H3,(H,23,27,30). The molecule has 2 amide bonds. The summed E-state index contributed by atoms with van der Waals surface area (Å²) in [7, 11) is -4.05. The van der Waals surface area contributed by atoms with Gasteiger partial charge in [0, 0.05) is 24.7 Å². The van der Waals surface area contributed by atoms with Gasteiger partial charge in [-0.1, -0.05) is 13.3 Å². The lowest BCUT2D eigenvalue weighted by Crippen LogP contribution is -2.41. The molecule has 0 saturated heterocycles. The predicted molar refractivity (Wildman–Crippen MR) is 121 cm³/mol. The van der Waals surface area contributed by atoms with Crippen molar-refractivity contribution in [3.63, 3.8) is 0 Å². The molecule has 1 aliphatic heterocycles. The number of nitrogens with one attached hydrogen (secondary N) is 1. The highest BCUT2D eigenvalue weighted by molar-refractivity contribution is 7.90. The van der Waals surface area contributed by atoms with E-state index in [9.17, 15) is 27.6 Å². The maximum absolute atomic E-state index is 13.3. The number of carbonyl (C=O) groups excluding carboxylic acids is 2. The molecule has 0 radical (unpaired) electrons. The van der Waals surface area contributed by atoms with E-state index in [2.05, 4.69) is 4.98 Å². The maximum atomic E-state index is 13.3. The molecule has 3 N–H and O–H groups in total. The van der Waals surface area contributed by atoms with Gasteiger partial charge < -0.3 is 10.6 Å². The highest BCUT2D eigenvalue weighted by atomic mass is 32.2. The van der Waals surface area contributed by atoms with Gasteiger partial charge in [-0.3, -0.25) is 23.9 Å². The zero-order valence-electron chi connectivity index (χ0n) is 18.3. The van der Waals surface area contributed by atoms with Crippen LogP contribution in [0, 0.1) is 0 Å². The van der Waals surface area contributed by atoms with Crippen LogP contribution in [0.15, 0.2) is 32.7 Å². The van der Waals surface area contributed by atoms with E-state index in [0.29, 0.717) is 19.3 Å². The van der Waals surface area contributed by atoms with Crippen molar-refractivity contribution in [2.45, 2.75) is 57.0 Å². The molecular formula is C21H25N5O6S. The quantitative estimate of drug-likeness (QED) is 0.602. The molecule has 1 aromatic carbocycles. The van der Waals surface area contributed by atoms with Crippen LogP contribution in [0.3, 0.4) is 0 Å². The van der Waals surface area contributed by atoms with Crippen LogP contribution in [0.1, 0.15) is 60.2 Å². The Morgan fingerprint density at radius 1 is 1.21 bits per heavy atom. The number of aromatic amines is 1. The second-order valence-corrected chi connectivity index (χ2v) is 9.88. The molecule has 0 bridgehead atoms. The number of anilines is 2. The van der Waals surface area contributed by atoms with Crippen molar-refractivity contribution in [2.75, 3.05) is 17.2 Å². The number of hydrogen-bond acceptors (Lipinski definition) is 7. The first-order valence-electron chi connectivity index (χ1n) is 10.8. The Hall–Kier alpha value is -3.41. The third-order valence-electron chi connectivity index (χ3n) is 5.86. The van der Waals surface area contributed by atoms with Crippen molar-refractivity contribution in [2.24, 2.45) is 0 Å².